The van der Waals surface area contributed by atoms with Gasteiger partial charge in [0.15, 0.2) is 12.6 Å². The number of nitriles is 1. The zero-order valence-corrected chi connectivity index (χ0v) is 21.2. The van der Waals surface area contributed by atoms with Crippen molar-refractivity contribution in [3.05, 3.63) is 47.9 Å². The number of hydrogen-bond acceptors (Lipinski definition) is 8. The molecule has 0 saturated carbocycles. The van der Waals surface area contributed by atoms with Crippen LogP contribution in [0.2, 0.25) is 0 Å². The monoisotopic (exact) mass is 502 g/mol. The summed E-state index contributed by atoms with van der Waals surface area (Å²) in [5.41, 5.74) is 4.11. The molecule has 0 N–H and O–H groups in total. The van der Waals surface area contributed by atoms with E-state index < -0.39 is 6.10 Å². The molecule has 0 spiro atoms. The molecule has 2 aliphatic rings. The molecule has 2 aromatic heterocycles. The first-order valence-electron chi connectivity index (χ1n) is 12.0. The maximum absolute atomic E-state index is 12.7. The lowest BCUT2D eigenvalue weighted by Gasteiger charge is -2.23. The number of hydrogen-bond donors (Lipinski definition) is 0. The Hall–Kier alpha value is -4.07. The number of carbonyl (C=O) groups is 1. The Kier molecular flexibility index (Phi) is 6.74. The summed E-state index contributed by atoms with van der Waals surface area (Å²) in [6.07, 6.45) is 2.65. The quantitative estimate of drug-likeness (QED) is 0.476. The SMILES string of the molecule is COC1C(C(=O)N(C)C)=N[N+](C)=C1c1cc2nccc(-c3ccc(OC4CCOCC4)c(C#N)c3)c2o1. The van der Waals surface area contributed by atoms with Crippen LogP contribution in [0.5, 0.6) is 5.75 Å². The molecule has 4 heterocycles. The van der Waals surface area contributed by atoms with E-state index in [1.165, 1.54) is 12.0 Å². The van der Waals surface area contributed by atoms with E-state index in [-0.39, 0.29) is 17.7 Å². The first-order chi connectivity index (χ1) is 17.9. The van der Waals surface area contributed by atoms with Crippen LogP contribution in [0.25, 0.3) is 22.2 Å². The Morgan fingerprint density at radius 1 is 1.22 bits per heavy atom. The molecule has 10 nitrogen and oxygen atoms in total. The smallest absolute Gasteiger partial charge is 0.285 e. The molecule has 0 bridgehead atoms. The van der Waals surface area contributed by atoms with Gasteiger partial charge in [0.2, 0.25) is 17.6 Å². The van der Waals surface area contributed by atoms with Crippen LogP contribution in [0.1, 0.15) is 24.2 Å². The lowest BCUT2D eigenvalue weighted by atomic mass is 10.0. The second-order valence-electron chi connectivity index (χ2n) is 9.15. The minimum absolute atomic E-state index is 0.0348. The number of methoxy groups -OCH3 is 1. The minimum Gasteiger partial charge on any atom is -0.489 e. The Morgan fingerprint density at radius 2 is 2.00 bits per heavy atom. The predicted octanol–water partition coefficient (Wildman–Crippen LogP) is 2.83. The molecule has 1 fully saturated rings. The molecule has 190 valence electrons. The van der Waals surface area contributed by atoms with E-state index in [4.69, 9.17) is 18.6 Å². The van der Waals surface area contributed by atoms with Gasteiger partial charge in [-0.3, -0.25) is 9.78 Å². The molecule has 37 heavy (non-hydrogen) atoms. The topological polar surface area (TPSA) is 113 Å². The summed E-state index contributed by atoms with van der Waals surface area (Å²) >= 11 is 0. The van der Waals surface area contributed by atoms with Crippen molar-refractivity contribution in [1.82, 2.24) is 9.88 Å². The van der Waals surface area contributed by atoms with Crippen LogP contribution in [-0.4, -0.2) is 85.6 Å². The van der Waals surface area contributed by atoms with Crippen molar-refractivity contribution >= 4 is 28.4 Å². The third-order valence-electron chi connectivity index (χ3n) is 6.50. The molecule has 1 amide bonds. The number of furan rings is 1. The zero-order chi connectivity index (χ0) is 26.1. The van der Waals surface area contributed by atoms with Gasteiger partial charge in [-0.1, -0.05) is 10.8 Å². The van der Waals surface area contributed by atoms with Crippen LogP contribution in [0.4, 0.5) is 0 Å². The molecule has 3 aromatic rings. The second kappa shape index (κ2) is 10.1. The average Bonchev–Trinajstić information content (AvgIpc) is 3.49. The Labute approximate surface area is 214 Å². The molecule has 1 aromatic carbocycles. The van der Waals surface area contributed by atoms with E-state index in [0.717, 1.165) is 24.0 Å². The number of hydrazone groups is 1. The van der Waals surface area contributed by atoms with Gasteiger partial charge in [0.05, 0.1) is 18.8 Å². The number of pyridine rings is 1. The third kappa shape index (κ3) is 4.59. The highest BCUT2D eigenvalue weighted by Crippen LogP contribution is 2.34. The normalized spacial score (nSPS) is 18.1. The van der Waals surface area contributed by atoms with Crippen LogP contribution < -0.4 is 4.74 Å². The van der Waals surface area contributed by atoms with Crippen LogP contribution in [0, 0.1) is 11.3 Å². The summed E-state index contributed by atoms with van der Waals surface area (Å²) in [7, 11) is 6.61. The van der Waals surface area contributed by atoms with Crippen molar-refractivity contribution in [3.8, 4) is 22.9 Å². The number of ether oxygens (including phenoxy) is 3. The molecule has 10 heteroatoms. The van der Waals surface area contributed by atoms with E-state index in [2.05, 4.69) is 16.2 Å². The van der Waals surface area contributed by atoms with Crippen molar-refractivity contribution in [2.75, 3.05) is 41.5 Å². The molecular weight excluding hydrogens is 474 g/mol. The fourth-order valence-corrected chi connectivity index (χ4v) is 4.62. The number of amides is 1. The molecule has 1 saturated heterocycles. The van der Waals surface area contributed by atoms with Gasteiger partial charge in [0, 0.05) is 57.0 Å². The first-order valence-corrected chi connectivity index (χ1v) is 12.0. The van der Waals surface area contributed by atoms with Gasteiger partial charge in [-0.2, -0.15) is 5.26 Å². The number of aromatic nitrogens is 1. The lowest BCUT2D eigenvalue weighted by molar-refractivity contribution is -0.499. The molecule has 0 radical (unpaired) electrons. The fourth-order valence-electron chi connectivity index (χ4n) is 4.62. The summed E-state index contributed by atoms with van der Waals surface area (Å²) in [6, 6.07) is 11.5. The molecule has 0 aliphatic carbocycles. The number of rotatable bonds is 6. The highest BCUT2D eigenvalue weighted by molar-refractivity contribution is 6.45. The van der Waals surface area contributed by atoms with Gasteiger partial charge in [0.25, 0.3) is 11.6 Å². The van der Waals surface area contributed by atoms with E-state index in [1.807, 2.05) is 24.3 Å². The van der Waals surface area contributed by atoms with E-state index in [0.29, 0.717) is 47.1 Å². The van der Waals surface area contributed by atoms with Crippen molar-refractivity contribution in [2.45, 2.75) is 25.0 Å². The standard InChI is InChI=1S/C27H28N5O5/c1-31(2)27(33)23-26(34-4)24(32(3)30-23)22-14-20-25(37-22)19(7-10-29-20)16-5-6-21(17(13-16)15-28)36-18-8-11-35-12-9-18/h5-7,10,13-14,18,26H,8-9,11-12H2,1-4H3/q+1. The number of fused-ring (bicyclic) bond motifs is 1. The van der Waals surface area contributed by atoms with Crippen LogP contribution in [0.15, 0.2) is 46.0 Å². The zero-order valence-electron chi connectivity index (χ0n) is 21.2. The maximum Gasteiger partial charge on any atom is 0.285 e. The predicted molar refractivity (Wildman–Crippen MR) is 136 cm³/mol. The third-order valence-corrected chi connectivity index (χ3v) is 6.50. The Balaban J connectivity index is 1.50. The molecule has 2 aliphatic heterocycles. The van der Waals surface area contributed by atoms with Crippen molar-refractivity contribution in [3.63, 3.8) is 0 Å². The van der Waals surface area contributed by atoms with E-state index in [1.54, 1.807) is 38.1 Å². The molecule has 1 unspecified atom stereocenters. The number of nitrogens with zero attached hydrogens (tertiary/aromatic N) is 5. The molecule has 5 rings (SSSR count). The van der Waals surface area contributed by atoms with Crippen LogP contribution in [-0.2, 0) is 14.3 Å². The average molecular weight is 503 g/mol. The van der Waals surface area contributed by atoms with Gasteiger partial charge in [-0.25, -0.2) is 0 Å². The van der Waals surface area contributed by atoms with Gasteiger partial charge >= 0.3 is 0 Å². The number of benzene rings is 1. The van der Waals surface area contributed by atoms with Gasteiger partial charge in [-0.15, -0.1) is 0 Å². The summed E-state index contributed by atoms with van der Waals surface area (Å²) in [6.45, 7) is 1.32. The summed E-state index contributed by atoms with van der Waals surface area (Å²) < 4.78 is 25.1. The maximum atomic E-state index is 12.7. The largest absolute Gasteiger partial charge is 0.489 e. The van der Waals surface area contributed by atoms with Crippen molar-refractivity contribution in [2.24, 2.45) is 5.10 Å². The van der Waals surface area contributed by atoms with Gasteiger partial charge in [0.1, 0.15) is 23.4 Å². The highest BCUT2D eigenvalue weighted by atomic mass is 16.5. The van der Waals surface area contributed by atoms with E-state index >= 15 is 0 Å². The van der Waals surface area contributed by atoms with Crippen molar-refractivity contribution < 1.29 is 28.1 Å². The van der Waals surface area contributed by atoms with E-state index in [9.17, 15) is 10.1 Å². The summed E-state index contributed by atoms with van der Waals surface area (Å²) in [5, 5.41) is 14.2. The Morgan fingerprint density at radius 3 is 2.70 bits per heavy atom. The fraction of sp³-hybridized carbons (Fsp3) is 0.370. The summed E-state index contributed by atoms with van der Waals surface area (Å²) in [4.78, 5) is 18.6. The minimum atomic E-state index is -0.685. The van der Waals surface area contributed by atoms with Gasteiger partial charge in [-0.05, 0) is 23.8 Å². The molecular formula is C27H28N5O5+. The lowest BCUT2D eigenvalue weighted by Crippen LogP contribution is -2.40. The van der Waals surface area contributed by atoms with Gasteiger partial charge < -0.3 is 23.5 Å². The van der Waals surface area contributed by atoms with Crippen LogP contribution in [0.3, 0.4) is 0 Å². The second-order valence-corrected chi connectivity index (χ2v) is 9.15. The molecule has 1 atom stereocenters. The van der Waals surface area contributed by atoms with Crippen LogP contribution >= 0.6 is 0 Å². The highest BCUT2D eigenvalue weighted by Gasteiger charge is 2.44. The summed E-state index contributed by atoms with van der Waals surface area (Å²) in [5.74, 6) is 0.815. The first kappa shape index (κ1) is 24.6. The number of carbonyl (C=O) groups excluding carboxylic acids is 1. The van der Waals surface area contributed by atoms with Crippen molar-refractivity contribution in [1.29, 1.82) is 5.26 Å². The Bertz CT molecular complexity index is 1460.